The molecule has 0 atom stereocenters. The van der Waals surface area contributed by atoms with Crippen LogP contribution in [0.3, 0.4) is 0 Å². The summed E-state index contributed by atoms with van der Waals surface area (Å²) in [7, 11) is 0. The molecule has 0 fully saturated rings. The Morgan fingerprint density at radius 2 is 2.12 bits per heavy atom. The first kappa shape index (κ1) is 11.9. The van der Waals surface area contributed by atoms with E-state index in [0.29, 0.717) is 12.2 Å². The maximum Gasteiger partial charge on any atom is 0.149 e. The summed E-state index contributed by atoms with van der Waals surface area (Å²) in [6, 6.07) is 9.99. The van der Waals surface area contributed by atoms with Gasteiger partial charge in [-0.15, -0.1) is 0 Å². The Labute approximate surface area is 109 Å². The topological polar surface area (TPSA) is 50.9 Å². The van der Waals surface area contributed by atoms with Gasteiger partial charge in [-0.1, -0.05) is 34.1 Å². The van der Waals surface area contributed by atoms with Crippen molar-refractivity contribution in [2.45, 2.75) is 13.5 Å². The van der Waals surface area contributed by atoms with E-state index in [0.717, 1.165) is 15.9 Å². The van der Waals surface area contributed by atoms with Crippen LogP contribution in [-0.2, 0) is 6.54 Å². The molecule has 0 radical (unpaired) electrons. The molecule has 88 valence electrons. The normalized spacial score (nSPS) is 10.2. The molecule has 0 unspecified atom stereocenters. The van der Waals surface area contributed by atoms with Gasteiger partial charge in [0.05, 0.1) is 5.69 Å². The van der Waals surface area contributed by atoms with Crippen molar-refractivity contribution in [3.63, 3.8) is 0 Å². The third-order valence-electron chi connectivity index (χ3n) is 2.46. The minimum Gasteiger partial charge on any atom is -0.396 e. The van der Waals surface area contributed by atoms with E-state index in [4.69, 9.17) is 5.73 Å². The van der Waals surface area contributed by atoms with E-state index in [2.05, 4.69) is 32.3 Å². The molecule has 0 amide bonds. The van der Waals surface area contributed by atoms with Crippen molar-refractivity contribution in [3.05, 3.63) is 52.1 Å². The maximum atomic E-state index is 5.89. The van der Waals surface area contributed by atoms with E-state index in [1.54, 1.807) is 6.20 Å². The molecule has 4 heteroatoms. The third kappa shape index (κ3) is 2.97. The van der Waals surface area contributed by atoms with Gasteiger partial charge in [-0.2, -0.15) is 0 Å². The molecule has 3 N–H and O–H groups in total. The molecular weight excluding hydrogens is 278 g/mol. The van der Waals surface area contributed by atoms with E-state index in [-0.39, 0.29) is 0 Å². The van der Waals surface area contributed by atoms with Crippen LogP contribution in [0.1, 0.15) is 11.1 Å². The Hall–Kier alpha value is -1.55. The second kappa shape index (κ2) is 5.19. The minimum atomic E-state index is 0.678. The van der Waals surface area contributed by atoms with Gasteiger partial charge in [-0.05, 0) is 30.2 Å². The van der Waals surface area contributed by atoms with Crippen molar-refractivity contribution >= 4 is 27.4 Å². The lowest BCUT2D eigenvalue weighted by molar-refractivity contribution is 1.10. The van der Waals surface area contributed by atoms with E-state index in [1.165, 1.54) is 5.56 Å². The largest absolute Gasteiger partial charge is 0.396 e. The molecule has 0 aliphatic heterocycles. The zero-order valence-corrected chi connectivity index (χ0v) is 11.2. The standard InChI is InChI=1S/C13H14BrN3/c1-9-6-12(15)13(16-7-9)17-8-10-4-2-3-5-11(10)14/h2-7H,8,15H2,1H3,(H,16,17). The highest BCUT2D eigenvalue weighted by Gasteiger charge is 2.02. The number of hydrogen-bond acceptors (Lipinski definition) is 3. The highest BCUT2D eigenvalue weighted by Crippen LogP contribution is 2.20. The molecule has 1 heterocycles. The van der Waals surface area contributed by atoms with Crippen LogP contribution in [-0.4, -0.2) is 4.98 Å². The zero-order valence-electron chi connectivity index (χ0n) is 9.57. The average molecular weight is 292 g/mol. The molecule has 0 saturated carbocycles. The third-order valence-corrected chi connectivity index (χ3v) is 3.23. The number of halogens is 1. The Kier molecular flexibility index (Phi) is 3.64. The van der Waals surface area contributed by atoms with Crippen molar-refractivity contribution < 1.29 is 0 Å². The molecule has 3 nitrogen and oxygen atoms in total. The first-order valence-electron chi connectivity index (χ1n) is 5.36. The van der Waals surface area contributed by atoms with Crippen LogP contribution in [0.5, 0.6) is 0 Å². The van der Waals surface area contributed by atoms with Gasteiger partial charge in [0.25, 0.3) is 0 Å². The van der Waals surface area contributed by atoms with Crippen molar-refractivity contribution in [1.29, 1.82) is 0 Å². The van der Waals surface area contributed by atoms with E-state index in [9.17, 15) is 0 Å². The second-order valence-corrected chi connectivity index (χ2v) is 4.75. The van der Waals surface area contributed by atoms with Gasteiger partial charge >= 0.3 is 0 Å². The fourth-order valence-electron chi connectivity index (χ4n) is 1.56. The lowest BCUT2D eigenvalue weighted by Crippen LogP contribution is -2.05. The van der Waals surface area contributed by atoms with Gasteiger partial charge in [0.1, 0.15) is 5.82 Å². The highest BCUT2D eigenvalue weighted by molar-refractivity contribution is 9.10. The summed E-state index contributed by atoms with van der Waals surface area (Å²) in [5.74, 6) is 0.728. The zero-order chi connectivity index (χ0) is 12.3. The Morgan fingerprint density at radius 1 is 1.35 bits per heavy atom. The Bertz CT molecular complexity index is 526. The minimum absolute atomic E-state index is 0.678. The number of nitrogens with two attached hydrogens (primary N) is 1. The molecule has 17 heavy (non-hydrogen) atoms. The lowest BCUT2D eigenvalue weighted by Gasteiger charge is -2.09. The van der Waals surface area contributed by atoms with Crippen molar-refractivity contribution in [1.82, 2.24) is 4.98 Å². The fourth-order valence-corrected chi connectivity index (χ4v) is 1.99. The van der Waals surface area contributed by atoms with Gasteiger partial charge in [-0.25, -0.2) is 4.98 Å². The van der Waals surface area contributed by atoms with E-state index < -0.39 is 0 Å². The van der Waals surface area contributed by atoms with Crippen LogP contribution in [0.2, 0.25) is 0 Å². The number of benzene rings is 1. The first-order valence-corrected chi connectivity index (χ1v) is 6.15. The smallest absolute Gasteiger partial charge is 0.149 e. The summed E-state index contributed by atoms with van der Waals surface area (Å²) in [6.45, 7) is 2.67. The average Bonchev–Trinajstić information content (AvgIpc) is 2.30. The number of hydrogen-bond donors (Lipinski definition) is 2. The molecule has 1 aromatic carbocycles. The fraction of sp³-hybridized carbons (Fsp3) is 0.154. The van der Waals surface area contributed by atoms with Crippen molar-refractivity contribution in [2.24, 2.45) is 0 Å². The summed E-state index contributed by atoms with van der Waals surface area (Å²) in [4.78, 5) is 4.27. The number of aryl methyl sites for hydroxylation is 1. The molecule has 0 bridgehead atoms. The number of nitrogens with zero attached hydrogens (tertiary/aromatic N) is 1. The number of aromatic nitrogens is 1. The van der Waals surface area contributed by atoms with Crippen LogP contribution in [0, 0.1) is 6.92 Å². The Morgan fingerprint density at radius 3 is 2.82 bits per heavy atom. The number of anilines is 2. The number of nitrogens with one attached hydrogen (secondary N) is 1. The molecular formula is C13H14BrN3. The summed E-state index contributed by atoms with van der Waals surface area (Å²) in [6.07, 6.45) is 1.80. The molecule has 1 aromatic heterocycles. The van der Waals surface area contributed by atoms with Crippen LogP contribution in [0.4, 0.5) is 11.5 Å². The number of rotatable bonds is 3. The molecule has 0 spiro atoms. The van der Waals surface area contributed by atoms with Gasteiger partial charge in [0.2, 0.25) is 0 Å². The number of pyridine rings is 1. The lowest BCUT2D eigenvalue weighted by atomic mass is 10.2. The van der Waals surface area contributed by atoms with Crippen LogP contribution >= 0.6 is 15.9 Å². The molecule has 2 rings (SSSR count). The van der Waals surface area contributed by atoms with Gasteiger partial charge in [-0.3, -0.25) is 0 Å². The van der Waals surface area contributed by atoms with Gasteiger partial charge in [0.15, 0.2) is 0 Å². The van der Waals surface area contributed by atoms with Crippen molar-refractivity contribution in [2.75, 3.05) is 11.1 Å². The van der Waals surface area contributed by atoms with Crippen molar-refractivity contribution in [3.8, 4) is 0 Å². The van der Waals surface area contributed by atoms with Crippen LogP contribution < -0.4 is 11.1 Å². The quantitative estimate of drug-likeness (QED) is 0.912. The van der Waals surface area contributed by atoms with Crippen LogP contribution in [0.15, 0.2) is 41.0 Å². The highest BCUT2D eigenvalue weighted by atomic mass is 79.9. The van der Waals surface area contributed by atoms with Gasteiger partial charge in [0, 0.05) is 17.2 Å². The van der Waals surface area contributed by atoms with Crippen LogP contribution in [0.25, 0.3) is 0 Å². The predicted molar refractivity (Wildman–Crippen MR) is 74.9 cm³/mol. The summed E-state index contributed by atoms with van der Waals surface area (Å²) < 4.78 is 1.08. The van der Waals surface area contributed by atoms with E-state index in [1.807, 2.05) is 31.2 Å². The number of nitrogen functional groups attached to an aromatic ring is 1. The summed E-state index contributed by atoms with van der Waals surface area (Å²) in [5.41, 5.74) is 8.80. The second-order valence-electron chi connectivity index (χ2n) is 3.90. The monoisotopic (exact) mass is 291 g/mol. The molecule has 0 aliphatic carbocycles. The Balaban J connectivity index is 2.10. The first-order chi connectivity index (χ1) is 8.16. The SMILES string of the molecule is Cc1cnc(NCc2ccccc2Br)c(N)c1. The van der Waals surface area contributed by atoms with E-state index >= 15 is 0 Å². The molecule has 0 saturated heterocycles. The molecule has 2 aromatic rings. The maximum absolute atomic E-state index is 5.89. The summed E-state index contributed by atoms with van der Waals surface area (Å²) >= 11 is 3.51. The van der Waals surface area contributed by atoms with Gasteiger partial charge < -0.3 is 11.1 Å². The summed E-state index contributed by atoms with van der Waals surface area (Å²) in [5, 5.41) is 3.23. The molecule has 0 aliphatic rings. The predicted octanol–water partition coefficient (Wildman–Crippen LogP) is 3.35.